The van der Waals surface area contributed by atoms with E-state index in [1.165, 1.54) is 5.56 Å². The minimum absolute atomic E-state index is 0.101. The third kappa shape index (κ3) is 6.49. The van der Waals surface area contributed by atoms with Crippen LogP contribution in [0, 0.1) is 0 Å². The van der Waals surface area contributed by atoms with Crippen LogP contribution < -0.4 is 20.7 Å². The van der Waals surface area contributed by atoms with E-state index in [9.17, 15) is 9.59 Å². The monoisotopic (exact) mass is 686 g/mol. The highest BCUT2D eigenvalue weighted by Gasteiger charge is 2.46. The fourth-order valence-corrected chi connectivity index (χ4v) is 8.14. The van der Waals surface area contributed by atoms with Crippen molar-refractivity contribution in [1.82, 2.24) is 30.8 Å². The maximum absolute atomic E-state index is 11.8. The van der Waals surface area contributed by atoms with Crippen molar-refractivity contribution in [1.29, 1.82) is 0 Å². The number of ether oxygens (including phenoxy) is 1. The van der Waals surface area contributed by atoms with Gasteiger partial charge in [0.25, 0.3) is 0 Å². The number of halogens is 2. The molecule has 0 bridgehead atoms. The molecule has 3 aliphatic heterocycles. The Hall–Kier alpha value is -3.76. The van der Waals surface area contributed by atoms with Crippen LogP contribution >= 0.6 is 23.2 Å². The number of aromatic nitrogens is 2. The van der Waals surface area contributed by atoms with Crippen LogP contribution in [0.1, 0.15) is 59.5 Å². The zero-order valence-corrected chi connectivity index (χ0v) is 28.5. The van der Waals surface area contributed by atoms with E-state index in [0.29, 0.717) is 36.8 Å². The summed E-state index contributed by atoms with van der Waals surface area (Å²) < 4.78 is 5.85. The van der Waals surface area contributed by atoms with E-state index in [4.69, 9.17) is 37.9 Å². The van der Waals surface area contributed by atoms with Gasteiger partial charge in [-0.2, -0.15) is 0 Å². The molecule has 0 spiro atoms. The highest BCUT2D eigenvalue weighted by atomic mass is 35.5. The zero-order chi connectivity index (χ0) is 33.3. The van der Waals surface area contributed by atoms with Gasteiger partial charge in [0.05, 0.1) is 29.3 Å². The lowest BCUT2D eigenvalue weighted by Crippen LogP contribution is -2.42. The van der Waals surface area contributed by atoms with E-state index in [1.807, 2.05) is 48.6 Å². The molecule has 4 aliphatic rings. The number of nitrogens with one attached hydrogen (secondary N) is 3. The number of nitrogens with zero attached hydrogens (tertiary/aromatic N) is 3. The fraction of sp³-hybridized carbons (Fsp3) is 0.405. The number of amides is 2. The van der Waals surface area contributed by atoms with Gasteiger partial charge >= 0.3 is 0 Å². The van der Waals surface area contributed by atoms with Crippen LogP contribution in [0.4, 0.5) is 0 Å². The number of benzene rings is 1. The van der Waals surface area contributed by atoms with Gasteiger partial charge in [-0.05, 0) is 47.7 Å². The molecule has 7 rings (SSSR count). The predicted molar refractivity (Wildman–Crippen MR) is 187 cm³/mol. The summed E-state index contributed by atoms with van der Waals surface area (Å²) in [5, 5.41) is 9.60. The Balaban J connectivity index is 1.21. The molecule has 3 aromatic rings. The van der Waals surface area contributed by atoms with Crippen LogP contribution in [0.3, 0.4) is 0 Å². The molecule has 11 heteroatoms. The first-order chi connectivity index (χ1) is 23.3. The minimum Gasteiger partial charge on any atom is -0.481 e. The first-order valence-corrected chi connectivity index (χ1v) is 17.5. The number of pyridine rings is 2. The highest BCUT2D eigenvalue weighted by Crippen LogP contribution is 2.48. The molecule has 4 atom stereocenters. The summed E-state index contributed by atoms with van der Waals surface area (Å²) in [5.74, 6) is 0.752. The topological polar surface area (TPSA) is 108 Å². The van der Waals surface area contributed by atoms with Crippen molar-refractivity contribution in [3.8, 4) is 5.88 Å². The van der Waals surface area contributed by atoms with Gasteiger partial charge in [0.1, 0.15) is 0 Å². The van der Waals surface area contributed by atoms with Gasteiger partial charge in [-0.25, -0.2) is 4.98 Å². The lowest BCUT2D eigenvalue weighted by molar-refractivity contribution is -0.120. The number of rotatable bonds is 10. The molecular formula is C37H40Cl2N6O3. The number of carbonyl (C=O) groups excluding carboxylic acids is 2. The van der Waals surface area contributed by atoms with Crippen LogP contribution in [-0.2, 0) is 34.5 Å². The summed E-state index contributed by atoms with van der Waals surface area (Å²) in [7, 11) is 1.63. The molecular weight excluding hydrogens is 647 g/mol. The Morgan fingerprint density at radius 3 is 2.48 bits per heavy atom. The Morgan fingerprint density at radius 1 is 0.979 bits per heavy atom. The first-order valence-electron chi connectivity index (χ1n) is 16.7. The molecule has 5 heterocycles. The molecule has 1 aromatic carbocycles. The van der Waals surface area contributed by atoms with Crippen LogP contribution in [0.5, 0.6) is 5.88 Å². The van der Waals surface area contributed by atoms with Crippen molar-refractivity contribution in [2.45, 2.75) is 68.1 Å². The summed E-state index contributed by atoms with van der Waals surface area (Å²) in [6.45, 7) is 3.70. The Bertz CT molecular complexity index is 1740. The van der Waals surface area contributed by atoms with Crippen molar-refractivity contribution in [3.05, 3.63) is 106 Å². The predicted octanol–water partition coefficient (Wildman–Crippen LogP) is 4.69. The maximum atomic E-state index is 11.8. The number of carbonyl (C=O) groups is 2. The van der Waals surface area contributed by atoms with Gasteiger partial charge in [0, 0.05) is 80.3 Å². The molecule has 2 amide bonds. The molecule has 2 saturated heterocycles. The second kappa shape index (κ2) is 14.0. The molecule has 0 radical (unpaired) electrons. The van der Waals surface area contributed by atoms with Crippen molar-refractivity contribution in [2.24, 2.45) is 0 Å². The largest absolute Gasteiger partial charge is 0.481 e. The lowest BCUT2D eigenvalue weighted by atomic mass is 9.70. The van der Waals surface area contributed by atoms with Crippen molar-refractivity contribution >= 4 is 40.6 Å². The van der Waals surface area contributed by atoms with Crippen LogP contribution in [0.2, 0.25) is 5.02 Å². The Morgan fingerprint density at radius 2 is 1.73 bits per heavy atom. The quantitative estimate of drug-likeness (QED) is 0.266. The smallest absolute Gasteiger partial charge is 0.220 e. The molecule has 48 heavy (non-hydrogen) atoms. The molecule has 3 N–H and O–H groups in total. The van der Waals surface area contributed by atoms with E-state index in [0.717, 1.165) is 72.7 Å². The van der Waals surface area contributed by atoms with Crippen molar-refractivity contribution in [3.63, 3.8) is 0 Å². The molecule has 2 unspecified atom stereocenters. The summed E-state index contributed by atoms with van der Waals surface area (Å²) >= 11 is 14.3. The number of fused-ring (bicyclic) bond motifs is 1. The molecule has 2 fully saturated rings. The van der Waals surface area contributed by atoms with Crippen LogP contribution in [0.15, 0.2) is 66.8 Å². The second-order valence-corrected chi connectivity index (χ2v) is 13.9. The van der Waals surface area contributed by atoms with Crippen LogP contribution in [0.25, 0.3) is 5.57 Å². The third-order valence-corrected chi connectivity index (χ3v) is 10.9. The molecule has 2 aromatic heterocycles. The van der Waals surface area contributed by atoms with Gasteiger partial charge < -0.3 is 20.7 Å². The third-order valence-electron chi connectivity index (χ3n) is 9.95. The number of hydrogen-bond donors (Lipinski definition) is 3. The maximum Gasteiger partial charge on any atom is 0.220 e. The van der Waals surface area contributed by atoms with Gasteiger partial charge in [0.2, 0.25) is 17.7 Å². The average Bonchev–Trinajstić information content (AvgIpc) is 3.71. The minimum atomic E-state index is -0.918. The standard InChI is InChI=1S/C37H40Cl2N6O3/c1-48-36-23(19-40-20-25-10-14-33(46)41-25)8-12-32(44-36)37(17-4-6-28(35(37)39)27-5-2-3-7-29(27)38)31-13-9-24-21-45(18-16-30(24)43-31)22-26-11-15-34(47)42-26/h2-9,12-13,17,25-26,35,40H,10-11,14-16,18-22H2,1H3,(H,41,46)(H,42,47)/t25-,26+,35?,37?/m0/s1. The number of hydrogen-bond acceptors (Lipinski definition) is 7. The van der Waals surface area contributed by atoms with E-state index < -0.39 is 10.8 Å². The molecule has 0 saturated carbocycles. The first kappa shape index (κ1) is 32.8. The van der Waals surface area contributed by atoms with Gasteiger partial charge in [0.15, 0.2) is 0 Å². The molecule has 9 nitrogen and oxygen atoms in total. The average molecular weight is 688 g/mol. The summed E-state index contributed by atoms with van der Waals surface area (Å²) in [4.78, 5) is 36.2. The molecule has 1 aliphatic carbocycles. The summed E-state index contributed by atoms with van der Waals surface area (Å²) in [6.07, 6.45) is 9.83. The molecule has 250 valence electrons. The summed E-state index contributed by atoms with van der Waals surface area (Å²) in [5.41, 5.74) is 5.51. The number of allylic oxidation sites excluding steroid dienone is 4. The number of alkyl halides is 1. The lowest BCUT2D eigenvalue weighted by Gasteiger charge is -2.39. The van der Waals surface area contributed by atoms with Crippen molar-refractivity contribution < 1.29 is 14.3 Å². The van der Waals surface area contributed by atoms with E-state index >= 15 is 0 Å². The SMILES string of the molecule is COc1nc(C2(c3ccc4c(n3)CCN(C[C@H]3CCC(=O)N3)C4)C=CC=C(c3ccccc3Cl)C2Cl)ccc1CNC[C@@H]1CCC(=O)N1. The fourth-order valence-electron chi connectivity index (χ4n) is 7.41. The van der Waals surface area contributed by atoms with Crippen LogP contribution in [-0.4, -0.2) is 70.9 Å². The van der Waals surface area contributed by atoms with Gasteiger partial charge in [-0.15, -0.1) is 11.6 Å². The van der Waals surface area contributed by atoms with E-state index in [1.54, 1.807) is 7.11 Å². The summed E-state index contributed by atoms with van der Waals surface area (Å²) in [6, 6.07) is 16.4. The highest BCUT2D eigenvalue weighted by molar-refractivity contribution is 6.34. The second-order valence-electron chi connectivity index (χ2n) is 13.1. The van der Waals surface area contributed by atoms with Gasteiger partial charge in [-0.1, -0.05) is 60.2 Å². The normalized spacial score (nSPS) is 25.4. The number of methoxy groups -OCH3 is 1. The van der Waals surface area contributed by atoms with Crippen molar-refractivity contribution in [2.75, 3.05) is 26.7 Å². The van der Waals surface area contributed by atoms with E-state index in [2.05, 4.69) is 39.1 Å². The Kier molecular flexibility index (Phi) is 9.56. The Labute approximate surface area is 291 Å². The van der Waals surface area contributed by atoms with Gasteiger partial charge in [-0.3, -0.25) is 19.5 Å². The zero-order valence-electron chi connectivity index (χ0n) is 27.0. The van der Waals surface area contributed by atoms with E-state index in [-0.39, 0.29) is 23.9 Å².